The Kier molecular flexibility index (Phi) is 28.0. The molecule has 0 unspecified atom stereocenters. The highest BCUT2D eigenvalue weighted by Gasteiger charge is 2.41. The lowest BCUT2D eigenvalue weighted by atomic mass is 9.77. The van der Waals surface area contributed by atoms with Crippen molar-refractivity contribution in [3.63, 3.8) is 0 Å². The van der Waals surface area contributed by atoms with E-state index in [-0.39, 0.29) is 68.4 Å². The van der Waals surface area contributed by atoms with Crippen molar-refractivity contribution in [1.82, 2.24) is 24.9 Å². The monoisotopic (exact) mass is 1210 g/mol. The number of esters is 3. The zero-order chi connectivity index (χ0) is 62.9. The maximum Gasteiger partial charge on any atom is 0.333 e. The van der Waals surface area contributed by atoms with Crippen molar-refractivity contribution in [2.24, 2.45) is 16.7 Å². The molecular weight excluding hydrogens is 1130 g/mol. The van der Waals surface area contributed by atoms with Crippen LogP contribution in [0.3, 0.4) is 0 Å². The van der Waals surface area contributed by atoms with Crippen LogP contribution in [0.15, 0.2) is 173 Å². The van der Waals surface area contributed by atoms with Crippen LogP contribution >= 0.6 is 23.2 Å². The molecule has 0 radical (unpaired) electrons. The molecule has 4 atom stereocenters. The molecule has 5 rings (SSSR count). The van der Waals surface area contributed by atoms with Gasteiger partial charge in [-0.1, -0.05) is 121 Å². The van der Waals surface area contributed by atoms with E-state index in [0.717, 1.165) is 17.3 Å². The molecule has 0 fully saturated rings. The Morgan fingerprint density at radius 1 is 0.624 bits per heavy atom. The minimum atomic E-state index is -2.90. The number of ether oxygens (including phenoxy) is 3. The predicted octanol–water partition coefficient (Wildman–Crippen LogP) is 14.7. The predicted molar refractivity (Wildman–Crippen MR) is 331 cm³/mol. The van der Waals surface area contributed by atoms with Crippen LogP contribution in [-0.2, 0) is 41.4 Å². The first kappa shape index (κ1) is 70.1. The maximum atomic E-state index is 14.5. The van der Waals surface area contributed by atoms with Gasteiger partial charge in [0, 0.05) is 79.1 Å². The number of nitrogens with zero attached hydrogens (tertiary/aromatic N) is 4. The Morgan fingerprint density at radius 3 is 1.46 bits per heavy atom. The quantitative estimate of drug-likeness (QED) is 0.0187. The Bertz CT molecular complexity index is 3050. The van der Waals surface area contributed by atoms with Crippen LogP contribution < -0.4 is 5.32 Å². The summed E-state index contributed by atoms with van der Waals surface area (Å²) in [5.74, 6) is -2.90. The number of hydrogen-bond donors (Lipinski definition) is 1. The van der Waals surface area contributed by atoms with Gasteiger partial charge in [-0.3, -0.25) is 29.0 Å². The highest BCUT2D eigenvalue weighted by atomic mass is 35.5. The van der Waals surface area contributed by atoms with Crippen molar-refractivity contribution >= 4 is 47.0 Å². The summed E-state index contributed by atoms with van der Waals surface area (Å²) in [6.07, 6.45) is 12.4. The smallest absolute Gasteiger partial charge is 0.333 e. The number of carbonyl (C=O) groups excluding carboxylic acids is 4. The van der Waals surface area contributed by atoms with Gasteiger partial charge in [0.15, 0.2) is 0 Å². The third-order valence-electron chi connectivity index (χ3n) is 13.4. The van der Waals surface area contributed by atoms with Crippen molar-refractivity contribution in [2.75, 3.05) is 52.5 Å². The van der Waals surface area contributed by atoms with Crippen LogP contribution in [0.5, 0.6) is 0 Å². The van der Waals surface area contributed by atoms with E-state index >= 15 is 0 Å². The van der Waals surface area contributed by atoms with Gasteiger partial charge in [-0.15, -0.1) is 26.3 Å². The summed E-state index contributed by atoms with van der Waals surface area (Å²) in [4.78, 5) is 57.1. The third kappa shape index (κ3) is 22.9. The molecule has 1 amide bonds. The van der Waals surface area contributed by atoms with E-state index in [2.05, 4.69) is 54.8 Å². The lowest BCUT2D eigenvalue weighted by molar-refractivity contribution is -0.160. The van der Waals surface area contributed by atoms with Gasteiger partial charge in [0.05, 0.1) is 10.8 Å². The minimum absolute atomic E-state index is 0.000946. The van der Waals surface area contributed by atoms with Crippen LogP contribution in [0, 0.1) is 28.4 Å². The van der Waals surface area contributed by atoms with Crippen LogP contribution in [-0.4, -0.2) is 108 Å². The molecule has 0 aliphatic carbocycles. The Balaban J connectivity index is 0.000000365. The molecule has 1 N–H and O–H groups in total. The molecule has 1 heterocycles. The molecule has 456 valence electrons. The number of halogens is 6. The van der Waals surface area contributed by atoms with Crippen molar-refractivity contribution < 1.29 is 51.0 Å². The third-order valence-corrected chi connectivity index (χ3v) is 13.9. The van der Waals surface area contributed by atoms with E-state index in [0.29, 0.717) is 82.5 Å². The number of alkyl halides is 2. The van der Waals surface area contributed by atoms with Gasteiger partial charge in [0.2, 0.25) is 0 Å². The van der Waals surface area contributed by atoms with E-state index in [4.69, 9.17) is 37.4 Å². The second-order valence-electron chi connectivity index (χ2n) is 22.2. The molecule has 18 heteroatoms. The first-order chi connectivity index (χ1) is 40.3. The number of carbonyl (C=O) groups is 4. The number of amides is 1. The zero-order valence-electron chi connectivity index (χ0n) is 49.3. The second kappa shape index (κ2) is 33.9. The fraction of sp³-hybridized carbons (Fsp3) is 0.358. The normalized spacial score (nSPS) is 13.4. The van der Waals surface area contributed by atoms with Gasteiger partial charge < -0.3 is 19.5 Å². The zero-order valence-corrected chi connectivity index (χ0v) is 50.8. The van der Waals surface area contributed by atoms with Crippen LogP contribution in [0.1, 0.15) is 82.0 Å². The summed E-state index contributed by atoms with van der Waals surface area (Å²) in [6, 6.07) is 23.8. The first-order valence-corrected chi connectivity index (χ1v) is 28.4. The molecule has 1 aromatic heterocycles. The molecular formula is C67H79Cl2F4N5O7. The molecule has 0 aliphatic heterocycles. The highest BCUT2D eigenvalue weighted by Crippen LogP contribution is 2.36. The molecule has 4 aromatic carbocycles. The maximum absolute atomic E-state index is 14.5. The van der Waals surface area contributed by atoms with Crippen LogP contribution in [0.25, 0.3) is 22.3 Å². The van der Waals surface area contributed by atoms with E-state index in [1.165, 1.54) is 48.6 Å². The highest BCUT2D eigenvalue weighted by molar-refractivity contribution is 6.31. The number of benzene rings is 4. The van der Waals surface area contributed by atoms with Gasteiger partial charge in [-0.05, 0) is 131 Å². The van der Waals surface area contributed by atoms with Gasteiger partial charge in [-0.25, -0.2) is 13.5 Å². The molecule has 5 aromatic rings. The largest absolute Gasteiger partial charge is 0.461 e. The van der Waals surface area contributed by atoms with Crippen LogP contribution in [0.4, 0.5) is 17.6 Å². The van der Waals surface area contributed by atoms with E-state index in [9.17, 15) is 36.7 Å². The number of hydrogen-bond acceptors (Lipinski definition) is 10. The topological polar surface area (TPSA) is 132 Å². The van der Waals surface area contributed by atoms with E-state index < -0.39 is 46.7 Å². The van der Waals surface area contributed by atoms with E-state index in [1.54, 1.807) is 61.6 Å². The number of aromatic nitrogens is 2. The second-order valence-corrected chi connectivity index (χ2v) is 23.1. The summed E-state index contributed by atoms with van der Waals surface area (Å²) in [5, 5.41) is 7.40. The molecule has 0 saturated heterocycles. The van der Waals surface area contributed by atoms with Gasteiger partial charge in [0.1, 0.15) is 36.1 Å². The molecule has 0 spiro atoms. The lowest BCUT2D eigenvalue weighted by Gasteiger charge is -2.35. The fourth-order valence-electron chi connectivity index (χ4n) is 9.88. The molecule has 0 bridgehead atoms. The Labute approximate surface area is 508 Å². The Morgan fingerprint density at radius 2 is 1.06 bits per heavy atom. The first-order valence-electron chi connectivity index (χ1n) is 27.7. The van der Waals surface area contributed by atoms with Crippen LogP contribution in [0.2, 0.25) is 10.0 Å². The van der Waals surface area contributed by atoms with Crippen molar-refractivity contribution in [3.05, 3.63) is 212 Å². The van der Waals surface area contributed by atoms with Gasteiger partial charge in [0.25, 0.3) is 5.91 Å². The molecule has 12 nitrogen and oxygen atoms in total. The SMILES string of the molecule is C=CCOC(=O)[C@@](C)(C[C@@H](Cc1ccc(-c2cc(Cl)ccc2F)cc1)NC(=O)c1ccn(C(F)F)n1)CN(CC=C)CC=C.C=CCOC(=O)[C@@](C)(C[C@H](CC(=O)OC(C)(C)C)Cc1ccc(-c2cc(Cl)ccc2F)cc1)CN(CC=C)CC=C. The summed E-state index contributed by atoms with van der Waals surface area (Å²) in [7, 11) is 0. The van der Waals surface area contributed by atoms with Crippen molar-refractivity contribution in [2.45, 2.75) is 84.9 Å². The van der Waals surface area contributed by atoms with Gasteiger partial charge in [-0.2, -0.15) is 13.9 Å². The summed E-state index contributed by atoms with van der Waals surface area (Å²) in [6.45, 7) is 31.5. The minimum Gasteiger partial charge on any atom is -0.461 e. The average Bonchev–Trinajstić information content (AvgIpc) is 4.15. The Hall–Kier alpha value is -7.37. The molecule has 85 heavy (non-hydrogen) atoms. The lowest BCUT2D eigenvalue weighted by Crippen LogP contribution is -2.48. The standard InChI is InChI=1S/C34H43ClFNO4.C33H36ClF3N4O3/c1-8-17-37(18-9-2)24-34(7,32(39)40-19-10-3)23-26(21-31(38)41-33(4,5)6)20-25-11-13-27(14-12-25)29-22-28(35)15-16-30(29)36;1-5-15-40(16-6-2)22-33(4,31(43)44-18-7-3)21-26(38-30(42)29-14-17-41(39-29)32(36)37)19-23-8-10-24(11-9-23)27-20-25(34)12-13-28(27)35/h8-16,22,26H,1-3,17-21,23-24H2,4-7H3;5-14,17,20,26,32H,1-3,15-16,18-19,21-22H2,4H3,(H,38,42)/t26-,34-;26-,33+/m01/s1. The van der Waals surface area contributed by atoms with Crippen molar-refractivity contribution in [3.8, 4) is 22.3 Å². The van der Waals surface area contributed by atoms with Crippen molar-refractivity contribution in [1.29, 1.82) is 0 Å². The van der Waals surface area contributed by atoms with E-state index in [1.807, 2.05) is 56.9 Å². The number of nitrogens with one attached hydrogen (secondary N) is 1. The summed E-state index contributed by atoms with van der Waals surface area (Å²) >= 11 is 12.2. The molecule has 0 saturated carbocycles. The molecule has 0 aliphatic rings. The fourth-order valence-corrected chi connectivity index (χ4v) is 10.2. The summed E-state index contributed by atoms with van der Waals surface area (Å²) in [5.41, 5.74) is 0.872. The summed E-state index contributed by atoms with van der Waals surface area (Å²) < 4.78 is 72.2. The van der Waals surface area contributed by atoms with Gasteiger partial charge >= 0.3 is 24.5 Å². The average molecular weight is 1210 g/mol. The number of rotatable bonds is 33.